The summed E-state index contributed by atoms with van der Waals surface area (Å²) in [4.78, 5) is 21.2. The Morgan fingerprint density at radius 1 is 1.07 bits per heavy atom. The van der Waals surface area contributed by atoms with Crippen LogP contribution in [-0.2, 0) is 11.3 Å². The van der Waals surface area contributed by atoms with Gasteiger partial charge in [-0.15, -0.1) is 0 Å². The molecule has 1 aliphatic heterocycles. The van der Waals surface area contributed by atoms with Crippen LogP contribution in [0.4, 0.5) is 0 Å². The number of carbonyl (C=O) groups is 1. The van der Waals surface area contributed by atoms with E-state index in [1.165, 1.54) is 31.2 Å². The summed E-state index contributed by atoms with van der Waals surface area (Å²) in [5.74, 6) is 0.0762. The summed E-state index contributed by atoms with van der Waals surface area (Å²) in [6.07, 6.45) is 8.68. The molecular formula is C23H32N4O. The van der Waals surface area contributed by atoms with Gasteiger partial charge in [0.2, 0.25) is 5.91 Å². The summed E-state index contributed by atoms with van der Waals surface area (Å²) in [6, 6.07) is 14.8. The third-order valence-electron chi connectivity index (χ3n) is 5.37. The van der Waals surface area contributed by atoms with Crippen molar-refractivity contribution in [2.45, 2.75) is 38.3 Å². The first-order chi connectivity index (χ1) is 13.7. The van der Waals surface area contributed by atoms with Crippen LogP contribution in [0.5, 0.6) is 0 Å². The van der Waals surface area contributed by atoms with Crippen molar-refractivity contribution in [3.8, 4) is 0 Å². The number of pyridine rings is 1. The number of likely N-dealkylation sites (N-methyl/N-ethyl adjacent to an activating group) is 1. The van der Waals surface area contributed by atoms with E-state index in [1.54, 1.807) is 12.4 Å². The molecule has 1 aromatic carbocycles. The molecule has 0 saturated carbocycles. The number of hydrogen-bond donors (Lipinski definition) is 1. The average molecular weight is 381 g/mol. The van der Waals surface area contributed by atoms with Crippen LogP contribution in [0.1, 0.15) is 42.9 Å². The van der Waals surface area contributed by atoms with Crippen LogP contribution >= 0.6 is 0 Å². The molecule has 1 aromatic heterocycles. The van der Waals surface area contributed by atoms with E-state index in [1.807, 2.05) is 24.1 Å². The van der Waals surface area contributed by atoms with Gasteiger partial charge in [0.25, 0.3) is 0 Å². The van der Waals surface area contributed by atoms with Crippen LogP contribution in [0.25, 0.3) is 0 Å². The maximum absolute atomic E-state index is 12.5. The van der Waals surface area contributed by atoms with E-state index in [9.17, 15) is 4.79 Å². The first kappa shape index (κ1) is 20.5. The number of nitrogens with one attached hydrogen (secondary N) is 1. The Hall–Kier alpha value is -2.24. The molecule has 3 rings (SSSR count). The molecule has 150 valence electrons. The second-order valence-electron chi connectivity index (χ2n) is 7.71. The van der Waals surface area contributed by atoms with E-state index < -0.39 is 0 Å². The zero-order valence-electron chi connectivity index (χ0n) is 16.9. The number of likely N-dealkylation sites (tertiary alicyclic amines) is 1. The number of carbonyl (C=O) groups excluding carboxylic acids is 1. The van der Waals surface area contributed by atoms with Crippen molar-refractivity contribution in [2.75, 3.05) is 33.2 Å². The lowest BCUT2D eigenvalue weighted by atomic mass is 10.0. The minimum Gasteiger partial charge on any atom is -0.353 e. The molecule has 0 spiro atoms. The Morgan fingerprint density at radius 2 is 1.75 bits per heavy atom. The highest BCUT2D eigenvalue weighted by molar-refractivity contribution is 5.78. The third kappa shape index (κ3) is 6.43. The highest BCUT2D eigenvalue weighted by Gasteiger charge is 2.22. The fourth-order valence-electron chi connectivity index (χ4n) is 3.91. The maximum atomic E-state index is 12.5. The summed E-state index contributed by atoms with van der Waals surface area (Å²) < 4.78 is 0. The van der Waals surface area contributed by atoms with Crippen LogP contribution in [0.2, 0.25) is 0 Å². The van der Waals surface area contributed by atoms with Gasteiger partial charge in [-0.2, -0.15) is 0 Å². The van der Waals surface area contributed by atoms with Crippen LogP contribution in [0.3, 0.4) is 0 Å². The van der Waals surface area contributed by atoms with Crippen LogP contribution < -0.4 is 5.32 Å². The second kappa shape index (κ2) is 10.9. The number of aromatic nitrogens is 1. The van der Waals surface area contributed by atoms with Crippen LogP contribution in [-0.4, -0.2) is 53.9 Å². The third-order valence-corrected chi connectivity index (χ3v) is 5.37. The lowest BCUT2D eigenvalue weighted by Crippen LogP contribution is -2.41. The van der Waals surface area contributed by atoms with Gasteiger partial charge in [0.1, 0.15) is 0 Å². The fraction of sp³-hybridized carbons (Fsp3) is 0.478. The fourth-order valence-corrected chi connectivity index (χ4v) is 3.91. The summed E-state index contributed by atoms with van der Waals surface area (Å²) >= 11 is 0. The van der Waals surface area contributed by atoms with E-state index in [2.05, 4.69) is 45.5 Å². The molecule has 1 amide bonds. The van der Waals surface area contributed by atoms with Crippen molar-refractivity contribution in [2.24, 2.45) is 0 Å². The largest absolute Gasteiger partial charge is 0.353 e. The minimum atomic E-state index is 0.0762. The van der Waals surface area contributed by atoms with Crippen molar-refractivity contribution in [3.05, 3.63) is 66.0 Å². The van der Waals surface area contributed by atoms with Crippen molar-refractivity contribution in [3.63, 3.8) is 0 Å². The normalized spacial score (nSPS) is 16.5. The molecular weight excluding hydrogens is 348 g/mol. The van der Waals surface area contributed by atoms with E-state index in [-0.39, 0.29) is 11.9 Å². The van der Waals surface area contributed by atoms with Gasteiger partial charge in [-0.25, -0.2) is 0 Å². The summed E-state index contributed by atoms with van der Waals surface area (Å²) in [6.45, 7) is 4.01. The lowest BCUT2D eigenvalue weighted by Gasteiger charge is -2.31. The number of amides is 1. The van der Waals surface area contributed by atoms with Gasteiger partial charge < -0.3 is 5.32 Å². The average Bonchev–Trinajstić information content (AvgIpc) is 2.99. The molecule has 1 aliphatic rings. The monoisotopic (exact) mass is 380 g/mol. The zero-order chi connectivity index (χ0) is 19.6. The van der Waals surface area contributed by atoms with Crippen LogP contribution in [0, 0.1) is 0 Å². The minimum absolute atomic E-state index is 0.0762. The molecule has 0 unspecified atom stereocenters. The summed E-state index contributed by atoms with van der Waals surface area (Å²) in [5.41, 5.74) is 2.45. The van der Waals surface area contributed by atoms with Crippen molar-refractivity contribution < 1.29 is 4.79 Å². The smallest absolute Gasteiger partial charge is 0.234 e. The molecule has 1 atom stereocenters. The first-order valence-electron chi connectivity index (χ1n) is 10.4. The molecule has 1 fully saturated rings. The second-order valence-corrected chi connectivity index (χ2v) is 7.71. The molecule has 1 saturated heterocycles. The predicted octanol–water partition coefficient (Wildman–Crippen LogP) is 3.25. The molecule has 5 heteroatoms. The Labute approximate surface area is 168 Å². The van der Waals surface area contributed by atoms with Gasteiger partial charge in [0, 0.05) is 25.5 Å². The quantitative estimate of drug-likeness (QED) is 0.764. The Balaban J connectivity index is 1.55. The van der Waals surface area contributed by atoms with Gasteiger partial charge in [-0.3, -0.25) is 19.6 Å². The van der Waals surface area contributed by atoms with Crippen LogP contribution in [0.15, 0.2) is 54.9 Å². The van der Waals surface area contributed by atoms with Gasteiger partial charge in [-0.1, -0.05) is 43.2 Å². The maximum Gasteiger partial charge on any atom is 0.234 e. The SMILES string of the molecule is CN(CC(=O)NC[C@@H](c1ccccc1)N1CCCCCC1)Cc1ccncc1. The van der Waals surface area contributed by atoms with Gasteiger partial charge >= 0.3 is 0 Å². The molecule has 0 radical (unpaired) electrons. The molecule has 5 nitrogen and oxygen atoms in total. The van der Waals surface area contributed by atoms with Crippen molar-refractivity contribution >= 4 is 5.91 Å². The highest BCUT2D eigenvalue weighted by Crippen LogP contribution is 2.23. The molecule has 1 N–H and O–H groups in total. The number of rotatable bonds is 8. The highest BCUT2D eigenvalue weighted by atomic mass is 16.2. The number of benzene rings is 1. The Bertz CT molecular complexity index is 699. The zero-order valence-corrected chi connectivity index (χ0v) is 16.9. The lowest BCUT2D eigenvalue weighted by molar-refractivity contribution is -0.122. The summed E-state index contributed by atoms with van der Waals surface area (Å²) in [5, 5.41) is 3.18. The Kier molecular flexibility index (Phi) is 8.00. The molecule has 28 heavy (non-hydrogen) atoms. The molecule has 2 heterocycles. The standard InChI is InChI=1S/C23H32N4O/c1-26(18-20-11-13-24-14-12-20)19-23(28)25-17-22(21-9-5-4-6-10-21)27-15-7-2-3-8-16-27/h4-6,9-14,22H,2-3,7-8,15-19H2,1H3,(H,25,28)/t22-/m0/s1. The Morgan fingerprint density at radius 3 is 2.43 bits per heavy atom. The van der Waals surface area contributed by atoms with Gasteiger partial charge in [-0.05, 0) is 56.2 Å². The van der Waals surface area contributed by atoms with Gasteiger partial charge in [0.15, 0.2) is 0 Å². The topological polar surface area (TPSA) is 48.5 Å². The van der Waals surface area contributed by atoms with Gasteiger partial charge in [0.05, 0.1) is 12.6 Å². The van der Waals surface area contributed by atoms with Crippen molar-refractivity contribution in [1.82, 2.24) is 20.1 Å². The van der Waals surface area contributed by atoms with E-state index in [0.29, 0.717) is 13.1 Å². The molecule has 2 aromatic rings. The number of hydrogen-bond acceptors (Lipinski definition) is 4. The van der Waals surface area contributed by atoms with Crippen molar-refractivity contribution in [1.29, 1.82) is 0 Å². The summed E-state index contributed by atoms with van der Waals surface area (Å²) in [7, 11) is 1.98. The first-order valence-corrected chi connectivity index (χ1v) is 10.4. The molecule has 0 aliphatic carbocycles. The van der Waals surface area contributed by atoms with E-state index in [0.717, 1.165) is 25.2 Å². The molecule has 0 bridgehead atoms. The van der Waals surface area contributed by atoms with E-state index in [4.69, 9.17) is 0 Å². The van der Waals surface area contributed by atoms with E-state index >= 15 is 0 Å². The predicted molar refractivity (Wildman–Crippen MR) is 113 cm³/mol. The number of nitrogens with zero attached hydrogens (tertiary/aromatic N) is 3.